The predicted molar refractivity (Wildman–Crippen MR) is 89.6 cm³/mol. The van der Waals surface area contributed by atoms with Crippen LogP contribution in [0.1, 0.15) is 12.0 Å². The van der Waals surface area contributed by atoms with Gasteiger partial charge in [-0.1, -0.05) is 11.8 Å². The fraction of sp³-hybridized carbons (Fsp3) is 0.286. The van der Waals surface area contributed by atoms with E-state index in [-0.39, 0.29) is 12.3 Å². The van der Waals surface area contributed by atoms with Gasteiger partial charge in [-0.05, 0) is 35.4 Å². The zero-order chi connectivity index (χ0) is 16.8. The first-order valence-corrected chi connectivity index (χ1v) is 7.78. The molecule has 23 heavy (non-hydrogen) atoms. The first-order valence-electron chi connectivity index (χ1n) is 6.52. The van der Waals surface area contributed by atoms with Crippen molar-refractivity contribution in [1.82, 2.24) is 5.32 Å². The molecule has 1 aromatic rings. The molecular weight excluding hydrogens is 342 g/mol. The molecule has 1 amide bonds. The van der Waals surface area contributed by atoms with E-state index in [4.69, 9.17) is 21.1 Å². The Labute approximate surface area is 142 Å². The Bertz CT molecular complexity index is 678. The number of amides is 1. The molecule has 1 aliphatic rings. The number of halogens is 1. The van der Waals surface area contributed by atoms with Crippen LogP contribution in [0.25, 0.3) is 0 Å². The smallest absolute Gasteiger partial charge is 0.240 e. The highest BCUT2D eigenvalue weighted by molar-refractivity contribution is 8.15. The van der Waals surface area contributed by atoms with Crippen molar-refractivity contribution in [1.29, 1.82) is 0 Å². The maximum absolute atomic E-state index is 11.6. The first kappa shape index (κ1) is 17.3. The van der Waals surface area contributed by atoms with Crippen molar-refractivity contribution in [3.8, 4) is 11.5 Å². The molecule has 0 radical (unpaired) electrons. The minimum absolute atomic E-state index is 0.0452. The minimum atomic E-state index is -0.562. The fourth-order valence-electron chi connectivity index (χ4n) is 1.81. The van der Waals surface area contributed by atoms with Crippen LogP contribution < -0.4 is 14.8 Å². The van der Waals surface area contributed by atoms with Crippen molar-refractivity contribution in [2.75, 3.05) is 14.2 Å². The van der Waals surface area contributed by atoms with Crippen molar-refractivity contribution in [3.63, 3.8) is 0 Å². The van der Waals surface area contributed by atoms with Crippen LogP contribution in [-0.2, 0) is 9.59 Å². The summed E-state index contributed by atoms with van der Waals surface area (Å²) in [7, 11) is 3.10. The zero-order valence-corrected chi connectivity index (χ0v) is 14.0. The quantitative estimate of drug-likeness (QED) is 0.477. The number of hydrogen-bond acceptors (Lipinski definition) is 7. The van der Waals surface area contributed by atoms with Crippen LogP contribution >= 0.6 is 23.4 Å². The van der Waals surface area contributed by atoms with Crippen LogP contribution in [-0.4, -0.2) is 42.0 Å². The second-order valence-electron chi connectivity index (χ2n) is 4.42. The van der Waals surface area contributed by atoms with Crippen molar-refractivity contribution >= 4 is 45.9 Å². The summed E-state index contributed by atoms with van der Waals surface area (Å²) in [5.41, 5.74) is 0.758. The number of nitrogens with one attached hydrogen (secondary N) is 1. The molecule has 9 heteroatoms. The normalized spacial score (nSPS) is 19.2. The molecule has 7 nitrogen and oxygen atoms in total. The Balaban J connectivity index is 2.04. The maximum atomic E-state index is 11.6. The third kappa shape index (κ3) is 4.70. The van der Waals surface area contributed by atoms with Gasteiger partial charge in [-0.3, -0.25) is 9.59 Å². The topological polar surface area (TPSA) is 89.4 Å². The van der Waals surface area contributed by atoms with Crippen LogP contribution in [0.2, 0.25) is 0 Å². The molecule has 2 rings (SSSR count). The van der Waals surface area contributed by atoms with E-state index in [0.717, 1.165) is 17.3 Å². The fourth-order valence-corrected chi connectivity index (χ4v) is 2.98. The van der Waals surface area contributed by atoms with E-state index in [1.165, 1.54) is 6.21 Å². The lowest BCUT2D eigenvalue weighted by Crippen LogP contribution is -2.25. The van der Waals surface area contributed by atoms with Crippen molar-refractivity contribution < 1.29 is 19.1 Å². The first-order chi connectivity index (χ1) is 11.0. The average molecular weight is 356 g/mol. The number of carbonyl (C=O) groups excluding carboxylic acids is 2. The molecule has 1 aromatic carbocycles. The van der Waals surface area contributed by atoms with Gasteiger partial charge in [0.15, 0.2) is 16.7 Å². The summed E-state index contributed by atoms with van der Waals surface area (Å²) in [6.45, 7) is 0. The maximum Gasteiger partial charge on any atom is 0.240 e. The van der Waals surface area contributed by atoms with Crippen LogP contribution in [0, 0.1) is 0 Å². The molecule has 0 aliphatic carbocycles. The summed E-state index contributed by atoms with van der Waals surface area (Å²) < 4.78 is 10.3. The molecule has 1 atom stereocenters. The van der Waals surface area contributed by atoms with Gasteiger partial charge in [-0.2, -0.15) is 5.10 Å². The molecule has 1 fully saturated rings. The van der Waals surface area contributed by atoms with Gasteiger partial charge in [0, 0.05) is 6.42 Å². The SMILES string of the molecule is COc1ccc(/C=N/N=C2/NC(=O)C(CC(=O)Cl)S2)cc1OC. The Hall–Kier alpha value is -2.06. The van der Waals surface area contributed by atoms with E-state index in [2.05, 4.69) is 15.5 Å². The van der Waals surface area contributed by atoms with Gasteiger partial charge in [-0.15, -0.1) is 5.10 Å². The van der Waals surface area contributed by atoms with Crippen LogP contribution in [0.5, 0.6) is 11.5 Å². The highest BCUT2D eigenvalue weighted by Crippen LogP contribution is 2.27. The minimum Gasteiger partial charge on any atom is -0.493 e. The number of ether oxygens (including phenoxy) is 2. The average Bonchev–Trinajstić information content (AvgIpc) is 2.86. The molecule has 0 bridgehead atoms. The van der Waals surface area contributed by atoms with Gasteiger partial charge in [0.25, 0.3) is 0 Å². The Morgan fingerprint density at radius 2 is 2.13 bits per heavy atom. The molecule has 1 aliphatic heterocycles. The Morgan fingerprint density at radius 1 is 1.39 bits per heavy atom. The Morgan fingerprint density at radius 3 is 2.78 bits per heavy atom. The number of thioether (sulfide) groups is 1. The number of amidine groups is 1. The lowest BCUT2D eigenvalue weighted by Gasteiger charge is -2.07. The van der Waals surface area contributed by atoms with E-state index in [1.807, 2.05) is 0 Å². The van der Waals surface area contributed by atoms with Gasteiger partial charge in [0.2, 0.25) is 11.1 Å². The number of carbonyl (C=O) groups is 2. The standard InChI is InChI=1S/C14H14ClN3O4S/c1-21-9-4-3-8(5-10(9)22-2)7-16-18-14-17-13(20)11(23-14)6-12(15)19/h3-5,7,11H,6H2,1-2H3,(H,17,18,20)/b16-7+. The molecular formula is C14H14ClN3O4S. The van der Waals surface area contributed by atoms with E-state index in [0.29, 0.717) is 16.7 Å². The zero-order valence-electron chi connectivity index (χ0n) is 12.4. The monoisotopic (exact) mass is 355 g/mol. The van der Waals surface area contributed by atoms with Gasteiger partial charge in [0.1, 0.15) is 0 Å². The third-order valence-corrected chi connectivity index (χ3v) is 4.11. The van der Waals surface area contributed by atoms with E-state index in [9.17, 15) is 9.59 Å². The highest BCUT2D eigenvalue weighted by atomic mass is 35.5. The third-order valence-electron chi connectivity index (χ3n) is 2.89. The molecule has 1 heterocycles. The highest BCUT2D eigenvalue weighted by Gasteiger charge is 2.31. The van der Waals surface area contributed by atoms with Gasteiger partial charge in [0.05, 0.1) is 25.7 Å². The van der Waals surface area contributed by atoms with Crippen LogP contribution in [0.3, 0.4) is 0 Å². The number of hydrogen-bond donors (Lipinski definition) is 1. The molecule has 1 unspecified atom stereocenters. The summed E-state index contributed by atoms with van der Waals surface area (Å²) in [4.78, 5) is 22.4. The van der Waals surface area contributed by atoms with Crippen molar-refractivity contribution in [2.24, 2.45) is 10.2 Å². The summed E-state index contributed by atoms with van der Waals surface area (Å²) in [6.07, 6.45) is 1.47. The molecule has 0 aromatic heterocycles. The van der Waals surface area contributed by atoms with Crippen molar-refractivity contribution in [3.05, 3.63) is 23.8 Å². The summed E-state index contributed by atoms with van der Waals surface area (Å²) in [6, 6.07) is 5.29. The Kier molecular flexibility index (Phi) is 6.00. The number of nitrogens with zero attached hydrogens (tertiary/aromatic N) is 2. The van der Waals surface area contributed by atoms with Gasteiger partial charge < -0.3 is 14.8 Å². The largest absolute Gasteiger partial charge is 0.493 e. The van der Waals surface area contributed by atoms with E-state index in [1.54, 1.807) is 32.4 Å². The van der Waals surface area contributed by atoms with E-state index < -0.39 is 10.5 Å². The lowest BCUT2D eigenvalue weighted by atomic mass is 10.2. The summed E-state index contributed by atoms with van der Waals surface area (Å²) in [5, 5.41) is 9.58. The molecule has 1 N–H and O–H groups in total. The molecule has 0 saturated carbocycles. The van der Waals surface area contributed by atoms with Crippen molar-refractivity contribution in [2.45, 2.75) is 11.7 Å². The molecule has 0 spiro atoms. The second kappa shape index (κ2) is 7.98. The molecule has 1 saturated heterocycles. The molecule has 122 valence electrons. The summed E-state index contributed by atoms with van der Waals surface area (Å²) >= 11 is 6.41. The number of benzene rings is 1. The van der Waals surface area contributed by atoms with Crippen LogP contribution in [0.4, 0.5) is 0 Å². The summed E-state index contributed by atoms with van der Waals surface area (Å²) in [5.74, 6) is 0.889. The lowest BCUT2D eigenvalue weighted by molar-refractivity contribution is -0.121. The number of rotatable bonds is 6. The van der Waals surface area contributed by atoms with Gasteiger partial charge >= 0.3 is 0 Å². The second-order valence-corrected chi connectivity index (χ2v) is 6.03. The predicted octanol–water partition coefficient (Wildman–Crippen LogP) is 1.78. The van der Waals surface area contributed by atoms with E-state index >= 15 is 0 Å². The van der Waals surface area contributed by atoms with Crippen LogP contribution in [0.15, 0.2) is 28.4 Å². The number of methoxy groups -OCH3 is 2. The van der Waals surface area contributed by atoms with Gasteiger partial charge in [-0.25, -0.2) is 0 Å².